The van der Waals surface area contributed by atoms with Crippen LogP contribution in [-0.2, 0) is 11.3 Å². The summed E-state index contributed by atoms with van der Waals surface area (Å²) in [5.41, 5.74) is 0.0742. The molecule has 0 spiro atoms. The van der Waals surface area contributed by atoms with Gasteiger partial charge < -0.3 is 5.32 Å². The van der Waals surface area contributed by atoms with Crippen LogP contribution in [-0.4, -0.2) is 11.8 Å². The van der Waals surface area contributed by atoms with Gasteiger partial charge in [0, 0.05) is 16.9 Å². The summed E-state index contributed by atoms with van der Waals surface area (Å²) in [6, 6.07) is 4.36. The molecule has 0 aliphatic rings. The molecule has 1 rings (SSSR count). The number of rotatable bonds is 4. The van der Waals surface area contributed by atoms with E-state index in [9.17, 15) is 9.18 Å². The average Bonchev–Trinajstić information content (AvgIpc) is 2.29. The zero-order chi connectivity index (χ0) is 13.1. The minimum Gasteiger partial charge on any atom is -0.351 e. The molecule has 1 N–H and O–H groups in total. The number of carbonyl (C=O) groups is 1. The number of carbonyl (C=O) groups excluding carboxylic acids is 1. The molecule has 0 bridgehead atoms. The van der Waals surface area contributed by atoms with Crippen molar-refractivity contribution in [1.29, 1.82) is 0 Å². The zero-order valence-electron chi connectivity index (χ0n) is 9.69. The SMILES string of the molecule is CC(C)(CCl)C(=O)NCc1cc(F)ccc1Br. The molecule has 0 unspecified atom stereocenters. The second-order valence-electron chi connectivity index (χ2n) is 4.44. The minimum absolute atomic E-state index is 0.149. The van der Waals surface area contributed by atoms with Crippen molar-refractivity contribution in [1.82, 2.24) is 5.32 Å². The van der Waals surface area contributed by atoms with Gasteiger partial charge in [-0.25, -0.2) is 4.39 Å². The zero-order valence-corrected chi connectivity index (χ0v) is 12.0. The summed E-state index contributed by atoms with van der Waals surface area (Å²) < 4.78 is 13.8. The van der Waals surface area contributed by atoms with E-state index in [1.807, 2.05) is 0 Å². The summed E-state index contributed by atoms with van der Waals surface area (Å²) in [5, 5.41) is 2.74. The Kier molecular flexibility index (Phi) is 4.95. The van der Waals surface area contributed by atoms with Crippen molar-refractivity contribution in [2.24, 2.45) is 5.41 Å². The average molecular weight is 323 g/mol. The van der Waals surface area contributed by atoms with E-state index in [1.165, 1.54) is 12.1 Å². The van der Waals surface area contributed by atoms with Crippen LogP contribution in [0.4, 0.5) is 4.39 Å². The Morgan fingerprint density at radius 1 is 1.53 bits per heavy atom. The van der Waals surface area contributed by atoms with Crippen molar-refractivity contribution >= 4 is 33.4 Å². The number of alkyl halides is 1. The highest BCUT2D eigenvalue weighted by Crippen LogP contribution is 2.20. The fourth-order valence-corrected chi connectivity index (χ4v) is 1.66. The monoisotopic (exact) mass is 321 g/mol. The van der Waals surface area contributed by atoms with Crippen LogP contribution in [0, 0.1) is 11.2 Å². The molecule has 0 saturated carbocycles. The van der Waals surface area contributed by atoms with Gasteiger partial charge in [-0.3, -0.25) is 4.79 Å². The first-order valence-corrected chi connectivity index (χ1v) is 6.48. The lowest BCUT2D eigenvalue weighted by Gasteiger charge is -2.20. The lowest BCUT2D eigenvalue weighted by atomic mass is 9.95. The number of benzene rings is 1. The first-order chi connectivity index (χ1) is 7.86. The van der Waals surface area contributed by atoms with Gasteiger partial charge in [0.2, 0.25) is 5.91 Å². The number of hydrogen-bond donors (Lipinski definition) is 1. The molecule has 0 radical (unpaired) electrons. The predicted molar refractivity (Wildman–Crippen MR) is 70.4 cm³/mol. The van der Waals surface area contributed by atoms with Gasteiger partial charge in [0.15, 0.2) is 0 Å². The Balaban J connectivity index is 2.68. The van der Waals surface area contributed by atoms with E-state index in [0.717, 1.165) is 4.47 Å². The maximum absolute atomic E-state index is 13.0. The van der Waals surface area contributed by atoms with Crippen LogP contribution in [0.15, 0.2) is 22.7 Å². The standard InChI is InChI=1S/C12H14BrClFNO/c1-12(2,7-14)11(17)16-6-8-5-9(15)3-4-10(8)13/h3-5H,6-7H2,1-2H3,(H,16,17). The summed E-state index contributed by atoms with van der Waals surface area (Å²) in [6.45, 7) is 3.80. The molecule has 1 aromatic carbocycles. The van der Waals surface area contributed by atoms with Crippen LogP contribution in [0.5, 0.6) is 0 Å². The Bertz CT molecular complexity index is 423. The largest absolute Gasteiger partial charge is 0.351 e. The molecule has 0 aromatic heterocycles. The van der Waals surface area contributed by atoms with Crippen LogP contribution >= 0.6 is 27.5 Å². The smallest absolute Gasteiger partial charge is 0.227 e. The molecule has 0 aliphatic carbocycles. The lowest BCUT2D eigenvalue weighted by Crippen LogP contribution is -2.37. The third-order valence-corrected chi connectivity index (χ3v) is 3.84. The minimum atomic E-state index is -0.624. The molecule has 0 atom stereocenters. The summed E-state index contributed by atoms with van der Waals surface area (Å²) in [4.78, 5) is 11.8. The molecule has 0 heterocycles. The quantitative estimate of drug-likeness (QED) is 0.845. The van der Waals surface area contributed by atoms with Crippen LogP contribution in [0.25, 0.3) is 0 Å². The Morgan fingerprint density at radius 2 is 2.18 bits per heavy atom. The fraction of sp³-hybridized carbons (Fsp3) is 0.417. The van der Waals surface area contributed by atoms with Crippen molar-refractivity contribution in [3.63, 3.8) is 0 Å². The third-order valence-electron chi connectivity index (χ3n) is 2.40. The van der Waals surface area contributed by atoms with E-state index in [0.29, 0.717) is 5.56 Å². The summed E-state index contributed by atoms with van der Waals surface area (Å²) >= 11 is 9.00. The summed E-state index contributed by atoms with van der Waals surface area (Å²) in [5.74, 6) is -0.235. The normalized spacial score (nSPS) is 11.4. The van der Waals surface area contributed by atoms with Gasteiger partial charge in [-0.2, -0.15) is 0 Å². The van der Waals surface area contributed by atoms with E-state index in [4.69, 9.17) is 11.6 Å². The molecular formula is C12H14BrClFNO. The van der Waals surface area contributed by atoms with E-state index in [2.05, 4.69) is 21.2 Å². The molecule has 0 saturated heterocycles. The Morgan fingerprint density at radius 3 is 2.76 bits per heavy atom. The molecule has 5 heteroatoms. The van der Waals surface area contributed by atoms with Gasteiger partial charge >= 0.3 is 0 Å². The van der Waals surface area contributed by atoms with Crippen LogP contribution in [0.1, 0.15) is 19.4 Å². The number of hydrogen-bond acceptors (Lipinski definition) is 1. The molecule has 1 aromatic rings. The first kappa shape index (κ1) is 14.5. The maximum atomic E-state index is 13.0. The molecule has 0 aliphatic heterocycles. The molecular weight excluding hydrogens is 308 g/mol. The van der Waals surface area contributed by atoms with Crippen LogP contribution in [0.3, 0.4) is 0 Å². The highest BCUT2D eigenvalue weighted by molar-refractivity contribution is 9.10. The fourth-order valence-electron chi connectivity index (χ4n) is 1.15. The van der Waals surface area contributed by atoms with Crippen molar-refractivity contribution in [2.75, 3.05) is 5.88 Å². The second-order valence-corrected chi connectivity index (χ2v) is 5.56. The van der Waals surface area contributed by atoms with Crippen molar-refractivity contribution in [2.45, 2.75) is 20.4 Å². The highest BCUT2D eigenvalue weighted by Gasteiger charge is 2.26. The number of halogens is 3. The topological polar surface area (TPSA) is 29.1 Å². The summed E-state index contributed by atoms with van der Waals surface area (Å²) in [6.07, 6.45) is 0. The van der Waals surface area contributed by atoms with E-state index >= 15 is 0 Å². The maximum Gasteiger partial charge on any atom is 0.227 e. The predicted octanol–water partition coefficient (Wildman–Crippen LogP) is 3.47. The van der Waals surface area contributed by atoms with E-state index in [1.54, 1.807) is 19.9 Å². The van der Waals surface area contributed by atoms with Crippen LogP contribution in [0.2, 0.25) is 0 Å². The summed E-state index contributed by atoms with van der Waals surface area (Å²) in [7, 11) is 0. The van der Waals surface area contributed by atoms with Crippen molar-refractivity contribution in [3.05, 3.63) is 34.1 Å². The third kappa shape index (κ3) is 3.96. The van der Waals surface area contributed by atoms with E-state index < -0.39 is 5.41 Å². The Hall–Kier alpha value is -0.610. The van der Waals surface area contributed by atoms with Gasteiger partial charge in [0.25, 0.3) is 0 Å². The number of nitrogens with one attached hydrogen (secondary N) is 1. The van der Waals surface area contributed by atoms with Gasteiger partial charge in [-0.1, -0.05) is 15.9 Å². The molecule has 2 nitrogen and oxygen atoms in total. The molecule has 0 fully saturated rings. The van der Waals surface area contributed by atoms with Gasteiger partial charge in [0.05, 0.1) is 5.41 Å². The van der Waals surface area contributed by atoms with E-state index in [-0.39, 0.29) is 24.1 Å². The van der Waals surface area contributed by atoms with Crippen molar-refractivity contribution in [3.8, 4) is 0 Å². The lowest BCUT2D eigenvalue weighted by molar-refractivity contribution is -0.128. The number of amides is 1. The van der Waals surface area contributed by atoms with Gasteiger partial charge in [-0.15, -0.1) is 11.6 Å². The van der Waals surface area contributed by atoms with Crippen molar-refractivity contribution < 1.29 is 9.18 Å². The van der Waals surface area contributed by atoms with Gasteiger partial charge in [-0.05, 0) is 37.6 Å². The second kappa shape index (κ2) is 5.83. The Labute approximate surface area is 114 Å². The first-order valence-electron chi connectivity index (χ1n) is 5.15. The highest BCUT2D eigenvalue weighted by atomic mass is 79.9. The molecule has 17 heavy (non-hydrogen) atoms. The molecule has 1 amide bonds. The van der Waals surface area contributed by atoms with Crippen LogP contribution < -0.4 is 5.32 Å². The molecule has 94 valence electrons. The van der Waals surface area contributed by atoms with Gasteiger partial charge in [0.1, 0.15) is 5.82 Å².